The molecule has 1 aromatic heterocycles. The van der Waals surface area contributed by atoms with Gasteiger partial charge in [0.1, 0.15) is 0 Å². The molecule has 0 saturated carbocycles. The van der Waals surface area contributed by atoms with Gasteiger partial charge in [-0.2, -0.15) is 0 Å². The van der Waals surface area contributed by atoms with Gasteiger partial charge in [-0.3, -0.25) is 14.7 Å². The molecule has 1 saturated heterocycles. The van der Waals surface area contributed by atoms with E-state index in [1.165, 1.54) is 34.9 Å². The van der Waals surface area contributed by atoms with Crippen molar-refractivity contribution in [3.05, 3.63) is 64.5 Å². The number of benzene rings is 1. The Bertz CT molecular complexity index is 991. The summed E-state index contributed by atoms with van der Waals surface area (Å²) >= 11 is 0. The average Bonchev–Trinajstić information content (AvgIpc) is 2.90. The van der Waals surface area contributed by atoms with Gasteiger partial charge in [-0.15, -0.1) is 0 Å². The van der Waals surface area contributed by atoms with E-state index in [-0.39, 0.29) is 5.91 Å². The molecule has 1 aromatic carbocycles. The summed E-state index contributed by atoms with van der Waals surface area (Å²) in [4.78, 5) is 21.0. The van der Waals surface area contributed by atoms with Crippen LogP contribution in [0.15, 0.2) is 42.1 Å². The summed E-state index contributed by atoms with van der Waals surface area (Å²) < 4.78 is 0. The Kier molecular flexibility index (Phi) is 11.9. The second-order valence-electron chi connectivity index (χ2n) is 10.3. The Hall–Kier alpha value is -2.40. The maximum Gasteiger partial charge on any atom is 0.253 e. The minimum atomic E-state index is 0.0635. The number of rotatable bonds is 8. The highest BCUT2D eigenvalue weighted by molar-refractivity contribution is 6.72. The van der Waals surface area contributed by atoms with Crippen LogP contribution >= 0.6 is 0 Å². The van der Waals surface area contributed by atoms with Crippen molar-refractivity contribution in [2.24, 2.45) is 0 Å². The standard InChI is InChI=1S/C29H42BN3O.C2H6/c1-8-16-30(5)28-13-17-31-22(3)27(28)20-21(2)23(4)33-18-14-25(15-19-33)24-9-11-26(12-10-24)29(34)32(6)7;1-2/h9-13,17,20,23,25H,8,14-16,18-19H2,1-7H3;1-2H3/b21-20+;. The highest BCUT2D eigenvalue weighted by atomic mass is 16.2. The molecule has 0 bridgehead atoms. The second-order valence-corrected chi connectivity index (χ2v) is 10.3. The molecule has 1 atom stereocenters. The predicted molar refractivity (Wildman–Crippen MR) is 158 cm³/mol. The fourth-order valence-electron chi connectivity index (χ4n) is 5.22. The number of carbonyl (C=O) groups is 1. The number of hydrogen-bond donors (Lipinski definition) is 0. The van der Waals surface area contributed by atoms with Crippen LogP contribution in [0.4, 0.5) is 0 Å². The fraction of sp³-hybridized carbons (Fsp3) is 0.548. The van der Waals surface area contributed by atoms with Crippen molar-refractivity contribution in [2.45, 2.75) is 85.9 Å². The Morgan fingerprint density at radius 2 is 1.78 bits per heavy atom. The number of hydrogen-bond acceptors (Lipinski definition) is 3. The van der Waals surface area contributed by atoms with Crippen LogP contribution in [0.5, 0.6) is 0 Å². The van der Waals surface area contributed by atoms with Crippen molar-refractivity contribution >= 4 is 24.2 Å². The molecule has 0 radical (unpaired) electrons. The number of pyridine rings is 1. The lowest BCUT2D eigenvalue weighted by atomic mass is 9.43. The molecule has 1 fully saturated rings. The maximum absolute atomic E-state index is 12.2. The van der Waals surface area contributed by atoms with E-state index in [1.807, 2.05) is 32.2 Å². The molecular formula is C31H48BN3O. The first-order valence-electron chi connectivity index (χ1n) is 13.9. The van der Waals surface area contributed by atoms with Crippen molar-refractivity contribution in [3.63, 3.8) is 0 Å². The van der Waals surface area contributed by atoms with Gasteiger partial charge in [0.05, 0.1) is 0 Å². The molecule has 1 aliphatic heterocycles. The first-order chi connectivity index (χ1) is 17.2. The van der Waals surface area contributed by atoms with E-state index in [9.17, 15) is 4.79 Å². The van der Waals surface area contributed by atoms with Crippen molar-refractivity contribution in [2.75, 3.05) is 27.2 Å². The summed E-state index contributed by atoms with van der Waals surface area (Å²) in [5, 5.41) is 0. The van der Waals surface area contributed by atoms with Crippen LogP contribution in [0, 0.1) is 6.92 Å². The van der Waals surface area contributed by atoms with Gasteiger partial charge in [-0.25, -0.2) is 0 Å². The van der Waals surface area contributed by atoms with Gasteiger partial charge in [-0.05, 0) is 81.9 Å². The molecule has 196 valence electrons. The Labute approximate surface area is 221 Å². The number of aromatic nitrogens is 1. The second kappa shape index (κ2) is 14.4. The molecule has 36 heavy (non-hydrogen) atoms. The number of amides is 1. The number of piperidine rings is 1. The largest absolute Gasteiger partial charge is 0.345 e. The lowest BCUT2D eigenvalue weighted by Crippen LogP contribution is -2.40. The van der Waals surface area contributed by atoms with Gasteiger partial charge in [0.25, 0.3) is 5.91 Å². The first kappa shape index (κ1) is 29.8. The van der Waals surface area contributed by atoms with E-state index in [1.54, 1.807) is 19.0 Å². The maximum atomic E-state index is 12.2. The molecule has 1 unspecified atom stereocenters. The Morgan fingerprint density at radius 3 is 2.33 bits per heavy atom. The highest BCUT2D eigenvalue weighted by Gasteiger charge is 2.25. The zero-order chi connectivity index (χ0) is 26.8. The molecule has 2 aromatic rings. The molecule has 1 amide bonds. The van der Waals surface area contributed by atoms with Gasteiger partial charge in [-0.1, -0.05) is 69.6 Å². The molecule has 0 aliphatic carbocycles. The topological polar surface area (TPSA) is 36.4 Å². The normalized spacial score (nSPS) is 15.6. The number of carbonyl (C=O) groups excluding carboxylic acids is 1. The van der Waals surface area contributed by atoms with Gasteiger partial charge in [0, 0.05) is 37.6 Å². The third kappa shape index (κ3) is 7.55. The molecule has 0 N–H and O–H groups in total. The average molecular weight is 490 g/mol. The Balaban J connectivity index is 0.00000222. The molecule has 5 heteroatoms. The summed E-state index contributed by atoms with van der Waals surface area (Å²) in [5.41, 5.74) is 7.40. The number of likely N-dealkylation sites (tertiary alicyclic amines) is 1. The summed E-state index contributed by atoms with van der Waals surface area (Å²) in [6.07, 6.45) is 9.07. The van der Waals surface area contributed by atoms with Gasteiger partial charge in [0.2, 0.25) is 0 Å². The molecule has 4 nitrogen and oxygen atoms in total. The smallest absolute Gasteiger partial charge is 0.253 e. The van der Waals surface area contributed by atoms with E-state index in [4.69, 9.17) is 0 Å². The van der Waals surface area contributed by atoms with Crippen molar-refractivity contribution in [3.8, 4) is 0 Å². The van der Waals surface area contributed by atoms with E-state index in [0.29, 0.717) is 18.7 Å². The summed E-state index contributed by atoms with van der Waals surface area (Å²) in [6, 6.07) is 10.9. The van der Waals surface area contributed by atoms with Crippen LogP contribution in [0.25, 0.3) is 6.08 Å². The SMILES string of the molecule is CC.CCCB(C)c1ccnc(C)c1/C=C(\C)C(C)N1CCC(c2ccc(C(=O)N(C)C)cc2)CC1. The lowest BCUT2D eigenvalue weighted by molar-refractivity contribution is 0.0827. The molecule has 0 spiro atoms. The van der Waals surface area contributed by atoms with E-state index in [0.717, 1.165) is 37.2 Å². The van der Waals surface area contributed by atoms with E-state index >= 15 is 0 Å². The quantitative estimate of drug-likeness (QED) is 0.396. The van der Waals surface area contributed by atoms with E-state index in [2.05, 4.69) is 68.7 Å². The van der Waals surface area contributed by atoms with Crippen LogP contribution in [-0.2, 0) is 0 Å². The van der Waals surface area contributed by atoms with Crippen molar-refractivity contribution in [1.82, 2.24) is 14.8 Å². The number of aryl methyl sites for hydroxylation is 1. The molecule has 3 rings (SSSR count). The van der Waals surface area contributed by atoms with Crippen LogP contribution in [0.3, 0.4) is 0 Å². The molecule has 1 aliphatic rings. The monoisotopic (exact) mass is 489 g/mol. The van der Waals surface area contributed by atoms with Crippen LogP contribution in [0.2, 0.25) is 13.1 Å². The predicted octanol–water partition coefficient (Wildman–Crippen LogP) is 6.53. The lowest BCUT2D eigenvalue weighted by Gasteiger charge is -2.37. The zero-order valence-corrected chi connectivity index (χ0v) is 24.3. The van der Waals surface area contributed by atoms with Crippen molar-refractivity contribution in [1.29, 1.82) is 0 Å². The van der Waals surface area contributed by atoms with Crippen LogP contribution < -0.4 is 5.46 Å². The van der Waals surface area contributed by atoms with Crippen LogP contribution in [-0.4, -0.2) is 60.6 Å². The number of nitrogens with zero attached hydrogens (tertiary/aromatic N) is 3. The summed E-state index contributed by atoms with van der Waals surface area (Å²) in [5.74, 6) is 0.631. The van der Waals surface area contributed by atoms with Crippen molar-refractivity contribution < 1.29 is 4.79 Å². The van der Waals surface area contributed by atoms with Gasteiger partial charge in [0.15, 0.2) is 6.71 Å². The summed E-state index contributed by atoms with van der Waals surface area (Å²) in [6.45, 7) is 18.1. The van der Waals surface area contributed by atoms with Gasteiger partial charge >= 0.3 is 0 Å². The van der Waals surface area contributed by atoms with Crippen LogP contribution in [0.1, 0.15) is 87.0 Å². The summed E-state index contributed by atoms with van der Waals surface area (Å²) in [7, 11) is 3.59. The third-order valence-electron chi connectivity index (χ3n) is 7.62. The minimum Gasteiger partial charge on any atom is -0.345 e. The molecule has 2 heterocycles. The molecular weight excluding hydrogens is 441 g/mol. The zero-order valence-electron chi connectivity index (χ0n) is 24.3. The fourth-order valence-corrected chi connectivity index (χ4v) is 5.22. The third-order valence-corrected chi connectivity index (χ3v) is 7.62. The minimum absolute atomic E-state index is 0.0635. The van der Waals surface area contributed by atoms with Gasteiger partial charge < -0.3 is 4.90 Å². The highest BCUT2D eigenvalue weighted by Crippen LogP contribution is 2.30. The first-order valence-corrected chi connectivity index (χ1v) is 13.9. The van der Waals surface area contributed by atoms with E-state index < -0.39 is 0 Å². The Morgan fingerprint density at radius 1 is 1.17 bits per heavy atom.